The second-order valence-electron chi connectivity index (χ2n) is 4.46. The van der Waals surface area contributed by atoms with Gasteiger partial charge in [0, 0.05) is 0 Å². The van der Waals surface area contributed by atoms with Gasteiger partial charge >= 0.3 is 0 Å². The fourth-order valence-electron chi connectivity index (χ4n) is 2.01. The lowest BCUT2D eigenvalue weighted by Gasteiger charge is -2.38. The molecule has 2 N–H and O–H groups in total. The van der Waals surface area contributed by atoms with Gasteiger partial charge in [0.25, 0.3) is 0 Å². The fraction of sp³-hybridized carbons (Fsp3) is 0.889. The van der Waals surface area contributed by atoms with Crippen LogP contribution in [0.5, 0.6) is 0 Å². The van der Waals surface area contributed by atoms with E-state index in [-0.39, 0.29) is 5.41 Å². The molecular formula is C9H16N2. The van der Waals surface area contributed by atoms with Gasteiger partial charge in [0.2, 0.25) is 0 Å². The number of rotatable bonds is 0. The van der Waals surface area contributed by atoms with Gasteiger partial charge < -0.3 is 5.73 Å². The van der Waals surface area contributed by atoms with E-state index in [1.807, 2.05) is 0 Å². The number of nitrogens with zero attached hydrogens (tertiary/aromatic N) is 1. The first kappa shape index (κ1) is 8.55. The molecule has 1 fully saturated rings. The molecule has 0 saturated heterocycles. The molecule has 0 aromatic rings. The van der Waals surface area contributed by atoms with Crippen LogP contribution < -0.4 is 5.73 Å². The first-order valence-corrected chi connectivity index (χ1v) is 4.18. The van der Waals surface area contributed by atoms with Crippen LogP contribution in [0, 0.1) is 16.7 Å². The summed E-state index contributed by atoms with van der Waals surface area (Å²) in [6.07, 6.45) is 4.01. The molecule has 0 amide bonds. The monoisotopic (exact) mass is 152 g/mol. The van der Waals surface area contributed by atoms with Gasteiger partial charge in [-0.05, 0) is 24.7 Å². The van der Waals surface area contributed by atoms with Crippen LogP contribution >= 0.6 is 0 Å². The Morgan fingerprint density at radius 2 is 2.00 bits per heavy atom. The van der Waals surface area contributed by atoms with Gasteiger partial charge in [-0.25, -0.2) is 0 Å². The Labute approximate surface area is 68.4 Å². The van der Waals surface area contributed by atoms with E-state index >= 15 is 0 Å². The van der Waals surface area contributed by atoms with Crippen LogP contribution in [0.3, 0.4) is 0 Å². The molecular weight excluding hydrogens is 136 g/mol. The van der Waals surface area contributed by atoms with E-state index in [1.165, 1.54) is 6.42 Å². The first-order valence-electron chi connectivity index (χ1n) is 4.18. The number of nitrogens with two attached hydrogens (primary N) is 1. The second-order valence-corrected chi connectivity index (χ2v) is 4.46. The Morgan fingerprint density at radius 1 is 1.36 bits per heavy atom. The standard InChI is InChI=1S/C9H16N2/c1-8(2)4-3-5-9(11,6-8)7-10/h3-6,11H2,1-2H3/t9-/m0/s1. The lowest BCUT2D eigenvalue weighted by Crippen LogP contribution is -2.45. The third-order valence-corrected chi connectivity index (χ3v) is 2.49. The maximum atomic E-state index is 8.81. The number of hydrogen-bond donors (Lipinski definition) is 1. The minimum atomic E-state index is -0.540. The van der Waals surface area contributed by atoms with Gasteiger partial charge in [-0.1, -0.05) is 20.3 Å². The van der Waals surface area contributed by atoms with Crippen molar-refractivity contribution in [3.05, 3.63) is 0 Å². The Balaban J connectivity index is 2.69. The summed E-state index contributed by atoms with van der Waals surface area (Å²) in [4.78, 5) is 0. The van der Waals surface area contributed by atoms with Gasteiger partial charge in [0.1, 0.15) is 5.54 Å². The molecule has 2 heteroatoms. The number of nitriles is 1. The molecule has 2 nitrogen and oxygen atoms in total. The molecule has 1 saturated carbocycles. The predicted octanol–water partition coefficient (Wildman–Crippen LogP) is 1.81. The zero-order valence-electron chi connectivity index (χ0n) is 7.35. The lowest BCUT2D eigenvalue weighted by molar-refractivity contribution is 0.186. The molecule has 1 rings (SSSR count). The van der Waals surface area contributed by atoms with Crippen LogP contribution in [0.15, 0.2) is 0 Å². The summed E-state index contributed by atoms with van der Waals surface area (Å²) in [5, 5.41) is 8.81. The summed E-state index contributed by atoms with van der Waals surface area (Å²) in [6.45, 7) is 4.37. The predicted molar refractivity (Wildman–Crippen MR) is 44.8 cm³/mol. The maximum Gasteiger partial charge on any atom is 0.104 e. The molecule has 0 bridgehead atoms. The molecule has 62 valence electrons. The smallest absolute Gasteiger partial charge is 0.104 e. The van der Waals surface area contributed by atoms with Crippen LogP contribution in [0.2, 0.25) is 0 Å². The topological polar surface area (TPSA) is 49.8 Å². The molecule has 1 atom stereocenters. The maximum absolute atomic E-state index is 8.81. The Hall–Kier alpha value is -0.550. The van der Waals surface area contributed by atoms with E-state index in [0.29, 0.717) is 0 Å². The van der Waals surface area contributed by atoms with Gasteiger partial charge in [-0.15, -0.1) is 0 Å². The molecule has 11 heavy (non-hydrogen) atoms. The van der Waals surface area contributed by atoms with E-state index in [2.05, 4.69) is 19.9 Å². The molecule has 0 unspecified atom stereocenters. The minimum absolute atomic E-state index is 0.267. The van der Waals surface area contributed by atoms with Gasteiger partial charge in [-0.2, -0.15) is 5.26 Å². The summed E-state index contributed by atoms with van der Waals surface area (Å²) in [6, 6.07) is 2.21. The van der Waals surface area contributed by atoms with Gasteiger partial charge in [0.15, 0.2) is 0 Å². The highest BCUT2D eigenvalue weighted by molar-refractivity contribution is 5.09. The minimum Gasteiger partial charge on any atom is -0.313 e. The average molecular weight is 152 g/mol. The van der Waals surface area contributed by atoms with Crippen molar-refractivity contribution in [2.75, 3.05) is 0 Å². The summed E-state index contributed by atoms with van der Waals surface area (Å²) in [7, 11) is 0. The Bertz CT molecular complexity index is 190. The van der Waals surface area contributed by atoms with Crippen molar-refractivity contribution in [1.82, 2.24) is 0 Å². The Kier molecular flexibility index (Phi) is 1.94. The normalized spacial score (nSPS) is 36.2. The molecule has 0 heterocycles. The van der Waals surface area contributed by atoms with E-state index in [9.17, 15) is 0 Å². The highest BCUT2D eigenvalue weighted by atomic mass is 14.8. The van der Waals surface area contributed by atoms with Crippen LogP contribution in [0.25, 0.3) is 0 Å². The van der Waals surface area contributed by atoms with Crippen molar-refractivity contribution in [2.45, 2.75) is 45.1 Å². The largest absolute Gasteiger partial charge is 0.313 e. The third-order valence-electron chi connectivity index (χ3n) is 2.49. The van der Waals surface area contributed by atoms with Crippen molar-refractivity contribution < 1.29 is 0 Å². The molecule has 1 aliphatic rings. The van der Waals surface area contributed by atoms with Crippen LogP contribution in [-0.2, 0) is 0 Å². The fourth-order valence-corrected chi connectivity index (χ4v) is 2.01. The zero-order valence-corrected chi connectivity index (χ0v) is 7.35. The van der Waals surface area contributed by atoms with Crippen LogP contribution in [0.1, 0.15) is 39.5 Å². The molecule has 0 aromatic heterocycles. The quantitative estimate of drug-likeness (QED) is 0.575. The zero-order chi connectivity index (χ0) is 8.54. The highest BCUT2D eigenvalue weighted by Gasteiger charge is 2.36. The summed E-state index contributed by atoms with van der Waals surface area (Å²) >= 11 is 0. The first-order chi connectivity index (χ1) is 4.97. The lowest BCUT2D eigenvalue weighted by atomic mass is 9.69. The summed E-state index contributed by atoms with van der Waals surface area (Å²) in [5.41, 5.74) is 5.60. The summed E-state index contributed by atoms with van der Waals surface area (Å²) < 4.78 is 0. The van der Waals surface area contributed by atoms with Gasteiger partial charge in [0.05, 0.1) is 6.07 Å². The second kappa shape index (κ2) is 2.49. The van der Waals surface area contributed by atoms with Crippen LogP contribution in [0.4, 0.5) is 0 Å². The molecule has 0 spiro atoms. The van der Waals surface area contributed by atoms with E-state index in [4.69, 9.17) is 11.0 Å². The SMILES string of the molecule is CC1(C)CCC[C@@](N)(C#N)C1. The third kappa shape index (κ3) is 1.94. The van der Waals surface area contributed by atoms with Crippen molar-refractivity contribution in [3.63, 3.8) is 0 Å². The van der Waals surface area contributed by atoms with Crippen LogP contribution in [-0.4, -0.2) is 5.54 Å². The van der Waals surface area contributed by atoms with E-state index in [0.717, 1.165) is 19.3 Å². The highest BCUT2D eigenvalue weighted by Crippen LogP contribution is 2.39. The van der Waals surface area contributed by atoms with E-state index < -0.39 is 5.54 Å². The van der Waals surface area contributed by atoms with Crippen molar-refractivity contribution in [2.24, 2.45) is 11.1 Å². The van der Waals surface area contributed by atoms with Crippen molar-refractivity contribution >= 4 is 0 Å². The molecule has 1 aliphatic carbocycles. The summed E-state index contributed by atoms with van der Waals surface area (Å²) in [5.74, 6) is 0. The molecule has 0 aromatic carbocycles. The van der Waals surface area contributed by atoms with E-state index in [1.54, 1.807) is 0 Å². The van der Waals surface area contributed by atoms with Gasteiger partial charge in [-0.3, -0.25) is 0 Å². The average Bonchev–Trinajstić information content (AvgIpc) is 1.85. The Morgan fingerprint density at radius 3 is 2.36 bits per heavy atom. The van der Waals surface area contributed by atoms with Crippen molar-refractivity contribution in [3.8, 4) is 6.07 Å². The van der Waals surface area contributed by atoms with Crippen molar-refractivity contribution in [1.29, 1.82) is 5.26 Å². The molecule has 0 radical (unpaired) electrons. The molecule has 0 aliphatic heterocycles. The number of hydrogen-bond acceptors (Lipinski definition) is 2.